The Labute approximate surface area is 116 Å². The van der Waals surface area contributed by atoms with Gasteiger partial charge < -0.3 is 10.1 Å². The number of aromatic nitrogens is 1. The van der Waals surface area contributed by atoms with E-state index in [4.69, 9.17) is 4.74 Å². The predicted molar refractivity (Wildman–Crippen MR) is 74.4 cm³/mol. The number of ether oxygens (including phenoxy) is 1. The highest BCUT2D eigenvalue weighted by Crippen LogP contribution is 2.12. The minimum absolute atomic E-state index is 0.228. The number of benzene rings is 1. The summed E-state index contributed by atoms with van der Waals surface area (Å²) < 4.78 is 18.8. The van der Waals surface area contributed by atoms with Crippen LogP contribution in [-0.4, -0.2) is 11.5 Å². The van der Waals surface area contributed by atoms with Crippen LogP contribution >= 0.6 is 11.3 Å². The molecule has 19 heavy (non-hydrogen) atoms. The van der Waals surface area contributed by atoms with Crippen molar-refractivity contribution in [2.75, 3.05) is 6.54 Å². The van der Waals surface area contributed by atoms with Crippen LogP contribution in [0.15, 0.2) is 29.6 Å². The van der Waals surface area contributed by atoms with E-state index in [9.17, 15) is 4.39 Å². The molecule has 1 aromatic heterocycles. The lowest BCUT2D eigenvalue weighted by atomic mass is 10.2. The van der Waals surface area contributed by atoms with Gasteiger partial charge in [-0.2, -0.15) is 0 Å². The average molecular weight is 280 g/mol. The molecule has 102 valence electrons. The van der Waals surface area contributed by atoms with Crippen LogP contribution in [0.1, 0.15) is 23.2 Å². The van der Waals surface area contributed by atoms with E-state index in [0.29, 0.717) is 12.2 Å². The quantitative estimate of drug-likeness (QED) is 0.846. The second-order valence-corrected chi connectivity index (χ2v) is 5.04. The molecule has 0 spiro atoms. The van der Waals surface area contributed by atoms with E-state index < -0.39 is 0 Å². The van der Waals surface area contributed by atoms with Crippen molar-refractivity contribution in [3.8, 4) is 0 Å². The first-order valence-electron chi connectivity index (χ1n) is 6.24. The SMILES string of the molecule is CCNCc1nc(COCc2ccccc2F)cs1. The Kier molecular flexibility index (Phi) is 5.44. The standard InChI is InChI=1S/C14H17FN2OS/c1-2-16-7-14-17-12(10-19-14)9-18-8-11-5-3-4-6-13(11)15/h3-6,10,16H,2,7-9H2,1H3. The Hall–Kier alpha value is -1.30. The van der Waals surface area contributed by atoms with Crippen LogP contribution in [0, 0.1) is 5.82 Å². The molecular weight excluding hydrogens is 263 g/mol. The highest BCUT2D eigenvalue weighted by Gasteiger charge is 2.04. The van der Waals surface area contributed by atoms with Crippen LogP contribution in [0.5, 0.6) is 0 Å². The van der Waals surface area contributed by atoms with E-state index in [1.54, 1.807) is 29.5 Å². The smallest absolute Gasteiger partial charge is 0.128 e. The molecule has 0 unspecified atom stereocenters. The van der Waals surface area contributed by atoms with Crippen molar-refractivity contribution in [2.24, 2.45) is 0 Å². The molecule has 3 nitrogen and oxygen atoms in total. The summed E-state index contributed by atoms with van der Waals surface area (Å²) in [6, 6.07) is 6.65. The van der Waals surface area contributed by atoms with Crippen LogP contribution in [0.3, 0.4) is 0 Å². The van der Waals surface area contributed by atoms with E-state index in [1.165, 1.54) is 6.07 Å². The van der Waals surface area contributed by atoms with Crippen molar-refractivity contribution in [1.29, 1.82) is 0 Å². The minimum atomic E-state index is -0.228. The van der Waals surface area contributed by atoms with Crippen LogP contribution in [0.4, 0.5) is 4.39 Å². The van der Waals surface area contributed by atoms with Gasteiger partial charge in [0.05, 0.1) is 18.9 Å². The molecular formula is C14H17FN2OS. The topological polar surface area (TPSA) is 34.2 Å². The molecule has 0 fully saturated rings. The van der Waals surface area contributed by atoms with Crippen LogP contribution < -0.4 is 5.32 Å². The van der Waals surface area contributed by atoms with Gasteiger partial charge >= 0.3 is 0 Å². The molecule has 0 saturated carbocycles. The van der Waals surface area contributed by atoms with E-state index in [1.807, 2.05) is 5.38 Å². The summed E-state index contributed by atoms with van der Waals surface area (Å²) in [6.45, 7) is 4.46. The number of hydrogen-bond acceptors (Lipinski definition) is 4. The first-order valence-corrected chi connectivity index (χ1v) is 7.12. The molecule has 1 aromatic carbocycles. The van der Waals surface area contributed by atoms with Gasteiger partial charge in [-0.1, -0.05) is 25.1 Å². The maximum atomic E-state index is 13.4. The van der Waals surface area contributed by atoms with Crippen LogP contribution in [-0.2, 0) is 24.5 Å². The molecule has 5 heteroatoms. The van der Waals surface area contributed by atoms with Gasteiger partial charge in [-0.05, 0) is 12.6 Å². The summed E-state index contributed by atoms with van der Waals surface area (Å²) in [4.78, 5) is 4.44. The monoisotopic (exact) mass is 280 g/mol. The van der Waals surface area contributed by atoms with Gasteiger partial charge in [0.1, 0.15) is 10.8 Å². The zero-order valence-electron chi connectivity index (χ0n) is 10.9. The highest BCUT2D eigenvalue weighted by atomic mass is 32.1. The molecule has 0 bridgehead atoms. The molecule has 0 atom stereocenters. The first kappa shape index (κ1) is 14.1. The largest absolute Gasteiger partial charge is 0.370 e. The Bertz CT molecular complexity index is 516. The second kappa shape index (κ2) is 7.33. The van der Waals surface area contributed by atoms with Gasteiger partial charge in [0.25, 0.3) is 0 Å². The zero-order chi connectivity index (χ0) is 13.5. The Morgan fingerprint density at radius 1 is 1.32 bits per heavy atom. The number of thiazole rings is 1. The summed E-state index contributed by atoms with van der Waals surface area (Å²) in [5.74, 6) is -0.228. The van der Waals surface area contributed by atoms with Gasteiger partial charge in [-0.15, -0.1) is 11.3 Å². The van der Waals surface area contributed by atoms with Crippen molar-refractivity contribution >= 4 is 11.3 Å². The molecule has 2 aromatic rings. The fourth-order valence-corrected chi connectivity index (χ4v) is 2.36. The Morgan fingerprint density at radius 3 is 2.95 bits per heavy atom. The number of halogens is 1. The van der Waals surface area contributed by atoms with E-state index >= 15 is 0 Å². The number of nitrogens with one attached hydrogen (secondary N) is 1. The van der Waals surface area contributed by atoms with Crippen LogP contribution in [0.25, 0.3) is 0 Å². The molecule has 0 amide bonds. The third-order valence-electron chi connectivity index (χ3n) is 2.59. The molecule has 1 N–H and O–H groups in total. The van der Waals surface area contributed by atoms with Crippen molar-refractivity contribution in [1.82, 2.24) is 10.3 Å². The first-order chi connectivity index (χ1) is 9.29. The van der Waals surface area contributed by atoms with Gasteiger partial charge in [-0.3, -0.25) is 0 Å². The summed E-state index contributed by atoms with van der Waals surface area (Å²) in [5, 5.41) is 6.25. The highest BCUT2D eigenvalue weighted by molar-refractivity contribution is 7.09. The van der Waals surface area contributed by atoms with E-state index in [2.05, 4.69) is 17.2 Å². The number of rotatable bonds is 7. The molecule has 0 saturated heterocycles. The normalized spacial score (nSPS) is 10.8. The van der Waals surface area contributed by atoms with Gasteiger partial charge in [-0.25, -0.2) is 9.37 Å². The minimum Gasteiger partial charge on any atom is -0.370 e. The van der Waals surface area contributed by atoms with Crippen LogP contribution in [0.2, 0.25) is 0 Å². The van der Waals surface area contributed by atoms with Crippen molar-refractivity contribution in [3.05, 3.63) is 51.7 Å². The molecule has 1 heterocycles. The Morgan fingerprint density at radius 2 is 2.16 bits per heavy atom. The predicted octanol–water partition coefficient (Wildman–Crippen LogP) is 3.11. The zero-order valence-corrected chi connectivity index (χ0v) is 11.7. The molecule has 0 aliphatic heterocycles. The summed E-state index contributed by atoms with van der Waals surface area (Å²) in [5.41, 5.74) is 1.47. The van der Waals surface area contributed by atoms with E-state index in [0.717, 1.165) is 23.8 Å². The maximum Gasteiger partial charge on any atom is 0.128 e. The molecule has 0 aliphatic rings. The second-order valence-electron chi connectivity index (χ2n) is 4.10. The molecule has 0 aliphatic carbocycles. The number of hydrogen-bond donors (Lipinski definition) is 1. The molecule has 2 rings (SSSR count). The summed E-state index contributed by atoms with van der Waals surface area (Å²) in [6.07, 6.45) is 0. The number of nitrogens with zero attached hydrogens (tertiary/aromatic N) is 1. The third-order valence-corrected chi connectivity index (χ3v) is 3.49. The van der Waals surface area contributed by atoms with Gasteiger partial charge in [0.15, 0.2) is 0 Å². The fraction of sp³-hybridized carbons (Fsp3) is 0.357. The summed E-state index contributed by atoms with van der Waals surface area (Å²) >= 11 is 1.61. The molecule has 0 radical (unpaired) electrons. The summed E-state index contributed by atoms with van der Waals surface area (Å²) in [7, 11) is 0. The average Bonchev–Trinajstić information content (AvgIpc) is 2.86. The van der Waals surface area contributed by atoms with E-state index in [-0.39, 0.29) is 12.4 Å². The van der Waals surface area contributed by atoms with Gasteiger partial charge in [0, 0.05) is 17.5 Å². The van der Waals surface area contributed by atoms with Crippen molar-refractivity contribution in [3.63, 3.8) is 0 Å². The lowest BCUT2D eigenvalue weighted by Gasteiger charge is -2.03. The lowest BCUT2D eigenvalue weighted by molar-refractivity contribution is 0.102. The third kappa shape index (κ3) is 4.38. The Balaban J connectivity index is 1.79. The maximum absolute atomic E-state index is 13.4. The van der Waals surface area contributed by atoms with Crippen molar-refractivity contribution in [2.45, 2.75) is 26.7 Å². The lowest BCUT2D eigenvalue weighted by Crippen LogP contribution is -2.11. The fourth-order valence-electron chi connectivity index (χ4n) is 1.61. The van der Waals surface area contributed by atoms with Crippen molar-refractivity contribution < 1.29 is 9.13 Å². The van der Waals surface area contributed by atoms with Gasteiger partial charge in [0.2, 0.25) is 0 Å².